The zero-order valence-electron chi connectivity index (χ0n) is 12.2. The van der Waals surface area contributed by atoms with Gasteiger partial charge in [-0.3, -0.25) is 4.79 Å². The van der Waals surface area contributed by atoms with Crippen LogP contribution >= 0.6 is 0 Å². The maximum absolute atomic E-state index is 11.6. The van der Waals surface area contributed by atoms with Crippen LogP contribution in [0.15, 0.2) is 24.3 Å². The Morgan fingerprint density at radius 1 is 1.40 bits per heavy atom. The Balaban J connectivity index is 2.43. The van der Waals surface area contributed by atoms with Crippen molar-refractivity contribution >= 4 is 5.91 Å². The minimum absolute atomic E-state index is 0.000426. The molecule has 0 fully saturated rings. The van der Waals surface area contributed by atoms with Gasteiger partial charge in [-0.25, -0.2) is 0 Å². The number of para-hydroxylation sites is 1. The highest BCUT2D eigenvalue weighted by atomic mass is 16.5. The SMILES string of the molecule is CC[C@H](N)c1ccccc1OCC(=O)NCCCOC. The maximum Gasteiger partial charge on any atom is 0.257 e. The maximum atomic E-state index is 11.6. The molecule has 5 heteroatoms. The van der Waals surface area contributed by atoms with E-state index in [0.29, 0.717) is 18.9 Å². The Morgan fingerprint density at radius 3 is 2.85 bits per heavy atom. The van der Waals surface area contributed by atoms with E-state index in [1.54, 1.807) is 7.11 Å². The third-order valence-electron chi connectivity index (χ3n) is 2.96. The lowest BCUT2D eigenvalue weighted by molar-refractivity contribution is -0.123. The Bertz CT molecular complexity index is 410. The van der Waals surface area contributed by atoms with Crippen LogP contribution in [-0.2, 0) is 9.53 Å². The number of carbonyl (C=O) groups excluding carboxylic acids is 1. The minimum Gasteiger partial charge on any atom is -0.483 e. The summed E-state index contributed by atoms with van der Waals surface area (Å²) in [6.07, 6.45) is 1.61. The molecule has 1 aromatic rings. The first-order chi connectivity index (χ1) is 9.69. The summed E-state index contributed by atoms with van der Waals surface area (Å²) in [5.41, 5.74) is 6.95. The smallest absolute Gasteiger partial charge is 0.257 e. The molecule has 112 valence electrons. The number of nitrogens with two attached hydrogens (primary N) is 1. The lowest BCUT2D eigenvalue weighted by Gasteiger charge is -2.15. The van der Waals surface area contributed by atoms with Crippen LogP contribution in [0.5, 0.6) is 5.75 Å². The average molecular weight is 280 g/mol. The first-order valence-corrected chi connectivity index (χ1v) is 6.92. The Morgan fingerprint density at radius 2 is 2.15 bits per heavy atom. The molecule has 3 N–H and O–H groups in total. The topological polar surface area (TPSA) is 73.6 Å². The molecule has 0 heterocycles. The minimum atomic E-state index is -0.138. The van der Waals surface area contributed by atoms with Crippen LogP contribution in [0.4, 0.5) is 0 Å². The number of methoxy groups -OCH3 is 1. The highest BCUT2D eigenvalue weighted by molar-refractivity contribution is 5.77. The first kappa shape index (κ1) is 16.5. The van der Waals surface area contributed by atoms with E-state index in [4.69, 9.17) is 15.2 Å². The number of benzene rings is 1. The van der Waals surface area contributed by atoms with Crippen LogP contribution in [0, 0.1) is 0 Å². The van der Waals surface area contributed by atoms with Gasteiger partial charge in [-0.05, 0) is 18.9 Å². The molecule has 1 rings (SSSR count). The summed E-state index contributed by atoms with van der Waals surface area (Å²) in [6, 6.07) is 7.49. The fraction of sp³-hybridized carbons (Fsp3) is 0.533. The van der Waals surface area contributed by atoms with Crippen molar-refractivity contribution in [3.8, 4) is 5.75 Å². The molecule has 0 saturated heterocycles. The number of ether oxygens (including phenoxy) is 2. The summed E-state index contributed by atoms with van der Waals surface area (Å²) >= 11 is 0. The van der Waals surface area contributed by atoms with E-state index in [1.165, 1.54) is 0 Å². The van der Waals surface area contributed by atoms with Crippen LogP contribution in [0.2, 0.25) is 0 Å². The Kier molecular flexibility index (Phi) is 7.69. The summed E-state index contributed by atoms with van der Waals surface area (Å²) in [5, 5.41) is 2.78. The standard InChI is InChI=1S/C15H24N2O3/c1-3-13(16)12-7-4-5-8-14(12)20-11-15(18)17-9-6-10-19-2/h4-5,7-8,13H,3,6,9-11,16H2,1-2H3,(H,17,18)/t13-/m0/s1. The van der Waals surface area contributed by atoms with Gasteiger partial charge in [-0.2, -0.15) is 0 Å². The number of carbonyl (C=O) groups is 1. The Labute approximate surface area is 120 Å². The van der Waals surface area contributed by atoms with Gasteiger partial charge in [0.25, 0.3) is 5.91 Å². The quantitative estimate of drug-likeness (QED) is 0.674. The molecule has 0 unspecified atom stereocenters. The van der Waals surface area contributed by atoms with Gasteiger partial charge < -0.3 is 20.5 Å². The molecule has 20 heavy (non-hydrogen) atoms. The summed E-state index contributed by atoms with van der Waals surface area (Å²) in [4.78, 5) is 11.6. The van der Waals surface area contributed by atoms with E-state index in [1.807, 2.05) is 31.2 Å². The second-order valence-corrected chi connectivity index (χ2v) is 4.54. The lowest BCUT2D eigenvalue weighted by Crippen LogP contribution is -2.30. The average Bonchev–Trinajstić information content (AvgIpc) is 2.49. The zero-order valence-corrected chi connectivity index (χ0v) is 12.2. The van der Waals surface area contributed by atoms with Crippen molar-refractivity contribution in [1.29, 1.82) is 0 Å². The molecule has 0 spiro atoms. The fourth-order valence-corrected chi connectivity index (χ4v) is 1.78. The molecule has 5 nitrogen and oxygen atoms in total. The van der Waals surface area contributed by atoms with Crippen LogP contribution in [-0.4, -0.2) is 32.8 Å². The van der Waals surface area contributed by atoms with Crippen LogP contribution in [0.1, 0.15) is 31.4 Å². The van der Waals surface area contributed by atoms with Gasteiger partial charge in [0, 0.05) is 31.9 Å². The normalized spacial score (nSPS) is 11.9. The van der Waals surface area contributed by atoms with Gasteiger partial charge in [0.2, 0.25) is 0 Å². The van der Waals surface area contributed by atoms with Crippen LogP contribution < -0.4 is 15.8 Å². The van der Waals surface area contributed by atoms with Gasteiger partial charge in [-0.1, -0.05) is 25.1 Å². The number of nitrogens with one attached hydrogen (secondary N) is 1. The number of amides is 1. The van der Waals surface area contributed by atoms with Gasteiger partial charge in [0.1, 0.15) is 5.75 Å². The lowest BCUT2D eigenvalue weighted by atomic mass is 10.0. The van der Waals surface area contributed by atoms with Gasteiger partial charge in [0.15, 0.2) is 6.61 Å². The van der Waals surface area contributed by atoms with Gasteiger partial charge in [-0.15, -0.1) is 0 Å². The molecule has 0 aliphatic carbocycles. The van der Waals surface area contributed by atoms with Crippen molar-refractivity contribution in [3.63, 3.8) is 0 Å². The second kappa shape index (κ2) is 9.34. The first-order valence-electron chi connectivity index (χ1n) is 6.92. The number of hydrogen-bond acceptors (Lipinski definition) is 4. The summed E-state index contributed by atoms with van der Waals surface area (Å²) < 4.78 is 10.5. The van der Waals surface area contributed by atoms with E-state index in [9.17, 15) is 4.79 Å². The summed E-state index contributed by atoms with van der Waals surface area (Å²) in [6.45, 7) is 3.24. The molecule has 1 atom stereocenters. The van der Waals surface area contributed by atoms with Gasteiger partial charge in [0.05, 0.1) is 0 Å². The highest BCUT2D eigenvalue weighted by Gasteiger charge is 2.11. The molecule has 0 aliphatic rings. The van der Waals surface area contributed by atoms with Gasteiger partial charge >= 0.3 is 0 Å². The number of hydrogen-bond donors (Lipinski definition) is 2. The van der Waals surface area contributed by atoms with E-state index in [0.717, 1.165) is 18.4 Å². The molecule has 0 aromatic heterocycles. The highest BCUT2D eigenvalue weighted by Crippen LogP contribution is 2.25. The third-order valence-corrected chi connectivity index (χ3v) is 2.96. The Hall–Kier alpha value is -1.59. The van der Waals surface area contributed by atoms with Crippen molar-refractivity contribution < 1.29 is 14.3 Å². The van der Waals surface area contributed by atoms with E-state index in [-0.39, 0.29) is 18.6 Å². The van der Waals surface area contributed by atoms with Crippen molar-refractivity contribution in [2.45, 2.75) is 25.8 Å². The summed E-state index contributed by atoms with van der Waals surface area (Å²) in [7, 11) is 1.64. The van der Waals surface area contributed by atoms with Crippen molar-refractivity contribution in [1.82, 2.24) is 5.32 Å². The van der Waals surface area contributed by atoms with Crippen molar-refractivity contribution in [2.75, 3.05) is 26.9 Å². The zero-order chi connectivity index (χ0) is 14.8. The molecule has 0 bridgehead atoms. The van der Waals surface area contributed by atoms with E-state index >= 15 is 0 Å². The molecule has 0 radical (unpaired) electrons. The molecule has 1 aromatic carbocycles. The second-order valence-electron chi connectivity index (χ2n) is 4.54. The monoisotopic (exact) mass is 280 g/mol. The van der Waals surface area contributed by atoms with E-state index < -0.39 is 0 Å². The predicted molar refractivity (Wildman–Crippen MR) is 78.7 cm³/mol. The molecule has 0 saturated carbocycles. The van der Waals surface area contributed by atoms with Crippen LogP contribution in [0.3, 0.4) is 0 Å². The van der Waals surface area contributed by atoms with Crippen LogP contribution in [0.25, 0.3) is 0 Å². The molecule has 1 amide bonds. The summed E-state index contributed by atoms with van der Waals surface area (Å²) in [5.74, 6) is 0.537. The molecule has 0 aliphatic heterocycles. The predicted octanol–water partition coefficient (Wildman–Crippen LogP) is 1.63. The van der Waals surface area contributed by atoms with Crippen molar-refractivity contribution in [3.05, 3.63) is 29.8 Å². The largest absolute Gasteiger partial charge is 0.483 e. The third kappa shape index (κ3) is 5.59. The molecular formula is C15H24N2O3. The van der Waals surface area contributed by atoms with E-state index in [2.05, 4.69) is 5.32 Å². The fourth-order valence-electron chi connectivity index (χ4n) is 1.78. The van der Waals surface area contributed by atoms with Crippen molar-refractivity contribution in [2.24, 2.45) is 5.73 Å². The molecular weight excluding hydrogens is 256 g/mol. The number of rotatable bonds is 9.